The maximum Gasteiger partial charge on any atom is 0.134 e. The van der Waals surface area contributed by atoms with Crippen molar-refractivity contribution in [1.29, 1.82) is 5.26 Å². The number of benzene rings is 1. The summed E-state index contributed by atoms with van der Waals surface area (Å²) in [6.45, 7) is 1.93. The van der Waals surface area contributed by atoms with Crippen molar-refractivity contribution in [2.24, 2.45) is 0 Å². The normalized spacial score (nSPS) is 11.3. The zero-order valence-electron chi connectivity index (χ0n) is 10.2. The van der Waals surface area contributed by atoms with Crippen molar-refractivity contribution < 1.29 is 0 Å². The fourth-order valence-electron chi connectivity index (χ4n) is 1.49. The molecular weight excluding hydrogens is 260 g/mol. The molecule has 1 aromatic heterocycles. The molecule has 0 N–H and O–H groups in total. The van der Waals surface area contributed by atoms with E-state index in [9.17, 15) is 5.26 Å². The average Bonchev–Trinajstić information content (AvgIpc) is 2.83. The number of thiazole rings is 1. The zero-order valence-corrected chi connectivity index (χ0v) is 11.8. The predicted molar refractivity (Wildman–Crippen MR) is 78.6 cm³/mol. The van der Waals surface area contributed by atoms with Gasteiger partial charge in [0.05, 0.1) is 5.57 Å². The topological polar surface area (TPSA) is 36.7 Å². The van der Waals surface area contributed by atoms with Crippen LogP contribution in [0.1, 0.15) is 16.3 Å². The summed E-state index contributed by atoms with van der Waals surface area (Å²) in [6.07, 6.45) is 3.92. The molecule has 0 fully saturated rings. The van der Waals surface area contributed by atoms with E-state index in [1.54, 1.807) is 11.8 Å². The van der Waals surface area contributed by atoms with Gasteiger partial charge in [0.15, 0.2) is 0 Å². The highest BCUT2D eigenvalue weighted by molar-refractivity contribution is 7.98. The van der Waals surface area contributed by atoms with E-state index < -0.39 is 0 Å². The van der Waals surface area contributed by atoms with Crippen LogP contribution in [-0.2, 0) is 0 Å². The molecule has 1 aromatic carbocycles. The van der Waals surface area contributed by atoms with Crippen molar-refractivity contribution in [1.82, 2.24) is 4.98 Å². The number of nitrogens with zero attached hydrogens (tertiary/aromatic N) is 2. The second kappa shape index (κ2) is 5.85. The molecule has 0 aliphatic carbocycles. The minimum Gasteiger partial charge on any atom is -0.241 e. The van der Waals surface area contributed by atoms with Crippen molar-refractivity contribution in [2.45, 2.75) is 11.8 Å². The number of rotatable bonds is 3. The molecule has 2 nitrogen and oxygen atoms in total. The van der Waals surface area contributed by atoms with Crippen LogP contribution >= 0.6 is 23.1 Å². The first-order chi connectivity index (χ1) is 8.72. The minimum atomic E-state index is 0.616. The van der Waals surface area contributed by atoms with E-state index in [1.807, 2.05) is 36.8 Å². The lowest BCUT2D eigenvalue weighted by Gasteiger charge is -1.98. The third-order valence-electron chi connectivity index (χ3n) is 2.40. The Labute approximate surface area is 115 Å². The molecule has 18 heavy (non-hydrogen) atoms. The predicted octanol–water partition coefficient (Wildman–Crippen LogP) is 4.24. The number of thioether (sulfide) groups is 1. The number of hydrogen-bond donors (Lipinski definition) is 0. The fraction of sp³-hybridized carbons (Fsp3) is 0.143. The number of allylic oxidation sites excluding steroid dienone is 1. The molecule has 0 amide bonds. The molecule has 2 aromatic rings. The molecule has 0 atom stereocenters. The van der Waals surface area contributed by atoms with Crippen molar-refractivity contribution in [2.75, 3.05) is 6.26 Å². The van der Waals surface area contributed by atoms with Crippen molar-refractivity contribution in [3.63, 3.8) is 0 Å². The van der Waals surface area contributed by atoms with Crippen LogP contribution in [0.3, 0.4) is 0 Å². The Morgan fingerprint density at radius 1 is 1.39 bits per heavy atom. The van der Waals surface area contributed by atoms with Gasteiger partial charge in [-0.25, -0.2) is 4.98 Å². The van der Waals surface area contributed by atoms with Gasteiger partial charge in [-0.2, -0.15) is 5.26 Å². The summed E-state index contributed by atoms with van der Waals surface area (Å²) >= 11 is 3.21. The van der Waals surface area contributed by atoms with Gasteiger partial charge < -0.3 is 0 Å². The Balaban J connectivity index is 2.32. The number of nitriles is 1. The first kappa shape index (κ1) is 12.9. The molecule has 0 unspecified atom stereocenters. The van der Waals surface area contributed by atoms with Crippen molar-refractivity contribution in [3.05, 3.63) is 45.9 Å². The monoisotopic (exact) mass is 272 g/mol. The molecule has 0 saturated carbocycles. The summed E-state index contributed by atoms with van der Waals surface area (Å²) in [5, 5.41) is 11.9. The van der Waals surface area contributed by atoms with Crippen LogP contribution in [0.4, 0.5) is 0 Å². The summed E-state index contributed by atoms with van der Waals surface area (Å²) in [5.41, 5.74) is 2.59. The van der Waals surface area contributed by atoms with E-state index >= 15 is 0 Å². The minimum absolute atomic E-state index is 0.616. The molecule has 0 spiro atoms. The molecule has 0 radical (unpaired) electrons. The highest BCUT2D eigenvalue weighted by Gasteiger charge is 2.05. The smallest absolute Gasteiger partial charge is 0.134 e. The molecule has 0 saturated heterocycles. The summed E-state index contributed by atoms with van der Waals surface area (Å²) in [7, 11) is 0. The fourth-order valence-corrected chi connectivity index (χ4v) is 2.66. The maximum absolute atomic E-state index is 9.20. The van der Waals surface area contributed by atoms with E-state index in [-0.39, 0.29) is 0 Å². The second-order valence-electron chi connectivity index (χ2n) is 3.74. The Bertz CT molecular complexity index is 603. The molecule has 0 aliphatic heterocycles. The zero-order chi connectivity index (χ0) is 13.0. The second-order valence-corrected chi connectivity index (χ2v) is 5.47. The van der Waals surface area contributed by atoms with Gasteiger partial charge in [0.2, 0.25) is 0 Å². The maximum atomic E-state index is 9.20. The summed E-state index contributed by atoms with van der Waals surface area (Å²) < 4.78 is 0. The lowest BCUT2D eigenvalue weighted by Crippen LogP contribution is -1.81. The van der Waals surface area contributed by atoms with Crippen molar-refractivity contribution in [3.8, 4) is 6.07 Å². The quantitative estimate of drug-likeness (QED) is 0.619. The standard InChI is InChI=1S/C14H12N2S2/c1-10-9-18-14(16-10)12(8-15)7-11-3-5-13(17-2)6-4-11/h3-7,9H,1-2H3. The first-order valence-corrected chi connectivity index (χ1v) is 7.51. The number of aromatic nitrogens is 1. The van der Waals surface area contributed by atoms with Crippen LogP contribution in [0.25, 0.3) is 11.6 Å². The van der Waals surface area contributed by atoms with Gasteiger partial charge in [-0.05, 0) is 37.0 Å². The van der Waals surface area contributed by atoms with E-state index in [4.69, 9.17) is 0 Å². The Morgan fingerprint density at radius 2 is 2.11 bits per heavy atom. The molecular formula is C14H12N2S2. The lowest BCUT2D eigenvalue weighted by atomic mass is 10.1. The summed E-state index contributed by atoms with van der Waals surface area (Å²) in [6, 6.07) is 10.4. The average molecular weight is 272 g/mol. The lowest BCUT2D eigenvalue weighted by molar-refractivity contribution is 1.25. The summed E-state index contributed by atoms with van der Waals surface area (Å²) in [5.74, 6) is 0. The Hall–Kier alpha value is -1.57. The van der Waals surface area contributed by atoms with Crippen LogP contribution in [0.5, 0.6) is 0 Å². The first-order valence-electron chi connectivity index (χ1n) is 5.41. The van der Waals surface area contributed by atoms with Crippen LogP contribution in [0, 0.1) is 18.3 Å². The van der Waals surface area contributed by atoms with E-state index in [2.05, 4.69) is 23.2 Å². The molecule has 90 valence electrons. The number of aryl methyl sites for hydroxylation is 1. The van der Waals surface area contributed by atoms with E-state index in [0.717, 1.165) is 16.3 Å². The molecule has 0 aliphatic rings. The van der Waals surface area contributed by atoms with Crippen LogP contribution < -0.4 is 0 Å². The van der Waals surface area contributed by atoms with Gasteiger partial charge in [0, 0.05) is 16.0 Å². The highest BCUT2D eigenvalue weighted by atomic mass is 32.2. The van der Waals surface area contributed by atoms with E-state index in [0.29, 0.717) is 5.57 Å². The van der Waals surface area contributed by atoms with Crippen LogP contribution in [-0.4, -0.2) is 11.2 Å². The van der Waals surface area contributed by atoms with Crippen LogP contribution in [0.2, 0.25) is 0 Å². The molecule has 4 heteroatoms. The highest BCUT2D eigenvalue weighted by Crippen LogP contribution is 2.22. The van der Waals surface area contributed by atoms with Gasteiger partial charge in [-0.3, -0.25) is 0 Å². The SMILES string of the molecule is CSc1ccc(C=C(C#N)c2nc(C)cs2)cc1. The molecule has 0 bridgehead atoms. The Kier molecular flexibility index (Phi) is 4.19. The third kappa shape index (κ3) is 3.00. The third-order valence-corrected chi connectivity index (χ3v) is 4.13. The largest absolute Gasteiger partial charge is 0.241 e. The van der Waals surface area contributed by atoms with Crippen molar-refractivity contribution >= 4 is 34.7 Å². The van der Waals surface area contributed by atoms with Gasteiger partial charge in [0.1, 0.15) is 11.1 Å². The Morgan fingerprint density at radius 3 is 2.61 bits per heavy atom. The van der Waals surface area contributed by atoms with Gasteiger partial charge in [0.25, 0.3) is 0 Å². The van der Waals surface area contributed by atoms with E-state index in [1.165, 1.54) is 16.2 Å². The van der Waals surface area contributed by atoms with Gasteiger partial charge in [-0.1, -0.05) is 12.1 Å². The molecule has 2 rings (SSSR count). The van der Waals surface area contributed by atoms with Crippen LogP contribution in [0.15, 0.2) is 34.5 Å². The summed E-state index contributed by atoms with van der Waals surface area (Å²) in [4.78, 5) is 5.55. The van der Waals surface area contributed by atoms with Gasteiger partial charge in [-0.15, -0.1) is 23.1 Å². The molecule has 1 heterocycles. The number of hydrogen-bond acceptors (Lipinski definition) is 4. The van der Waals surface area contributed by atoms with Gasteiger partial charge >= 0.3 is 0 Å².